The van der Waals surface area contributed by atoms with Crippen LogP contribution in [0.2, 0.25) is 5.02 Å². The SMILES string of the molecule is O=C1C(Cl)=CC(=NC(=O)c2ccc(Cl)cc2)C=C1Cl. The van der Waals surface area contributed by atoms with Gasteiger partial charge in [-0.1, -0.05) is 34.8 Å². The van der Waals surface area contributed by atoms with Crippen molar-refractivity contribution in [2.24, 2.45) is 4.99 Å². The molecule has 6 heteroatoms. The van der Waals surface area contributed by atoms with Crippen LogP contribution in [0.4, 0.5) is 0 Å². The third-order valence-corrected chi connectivity index (χ3v) is 3.12. The number of halogens is 3. The summed E-state index contributed by atoms with van der Waals surface area (Å²) < 4.78 is 0. The highest BCUT2D eigenvalue weighted by atomic mass is 35.5. The average molecular weight is 315 g/mol. The monoisotopic (exact) mass is 313 g/mol. The molecule has 0 spiro atoms. The first-order valence-electron chi connectivity index (χ1n) is 5.15. The Labute approximate surface area is 124 Å². The molecule has 0 heterocycles. The number of ketones is 1. The lowest BCUT2D eigenvalue weighted by Crippen LogP contribution is -2.09. The van der Waals surface area contributed by atoms with E-state index in [-0.39, 0.29) is 15.8 Å². The van der Waals surface area contributed by atoms with Gasteiger partial charge in [0.15, 0.2) is 0 Å². The highest BCUT2D eigenvalue weighted by Gasteiger charge is 2.18. The quantitative estimate of drug-likeness (QED) is 0.741. The minimum atomic E-state index is -0.485. The van der Waals surface area contributed by atoms with Gasteiger partial charge in [-0.15, -0.1) is 0 Å². The van der Waals surface area contributed by atoms with Crippen molar-refractivity contribution in [3.8, 4) is 0 Å². The summed E-state index contributed by atoms with van der Waals surface area (Å²) in [5, 5.41) is 0.378. The molecule has 1 aromatic rings. The fraction of sp³-hybridized carbons (Fsp3) is 0. The first-order valence-corrected chi connectivity index (χ1v) is 6.28. The number of rotatable bonds is 1. The Kier molecular flexibility index (Phi) is 4.20. The maximum absolute atomic E-state index is 11.9. The number of nitrogens with zero attached hydrogens (tertiary/aromatic N) is 1. The number of benzene rings is 1. The summed E-state index contributed by atoms with van der Waals surface area (Å²) in [4.78, 5) is 27.0. The molecule has 0 saturated heterocycles. The molecule has 0 aliphatic heterocycles. The second kappa shape index (κ2) is 5.70. The number of amides is 1. The standard InChI is InChI=1S/C13H6Cl3NO2/c14-8-3-1-7(2-4-8)13(19)17-9-5-10(15)12(18)11(16)6-9/h1-6H. The molecule has 0 bridgehead atoms. The van der Waals surface area contributed by atoms with Gasteiger partial charge in [-0.2, -0.15) is 0 Å². The molecule has 2 rings (SSSR count). The van der Waals surface area contributed by atoms with Gasteiger partial charge in [-0.3, -0.25) is 9.59 Å². The van der Waals surface area contributed by atoms with E-state index in [2.05, 4.69) is 4.99 Å². The summed E-state index contributed by atoms with van der Waals surface area (Å²) in [7, 11) is 0. The van der Waals surface area contributed by atoms with Crippen molar-refractivity contribution in [3.63, 3.8) is 0 Å². The Balaban J connectivity index is 2.29. The van der Waals surface area contributed by atoms with Crippen molar-refractivity contribution in [2.75, 3.05) is 0 Å². The van der Waals surface area contributed by atoms with E-state index < -0.39 is 11.7 Å². The van der Waals surface area contributed by atoms with Crippen LogP contribution in [-0.2, 0) is 4.79 Å². The molecule has 1 aliphatic carbocycles. The Hall–Kier alpha value is -1.42. The molecule has 3 nitrogen and oxygen atoms in total. The van der Waals surface area contributed by atoms with Gasteiger partial charge in [0.2, 0.25) is 5.78 Å². The molecule has 19 heavy (non-hydrogen) atoms. The maximum Gasteiger partial charge on any atom is 0.277 e. The number of allylic oxidation sites excluding steroid dienone is 4. The van der Waals surface area contributed by atoms with E-state index in [1.807, 2.05) is 0 Å². The van der Waals surface area contributed by atoms with Crippen molar-refractivity contribution in [2.45, 2.75) is 0 Å². The van der Waals surface area contributed by atoms with E-state index in [4.69, 9.17) is 34.8 Å². The van der Waals surface area contributed by atoms with Gasteiger partial charge < -0.3 is 0 Å². The number of carbonyl (C=O) groups excluding carboxylic acids is 2. The Morgan fingerprint density at radius 3 is 2.00 bits per heavy atom. The number of Topliss-reactive ketones (excluding diaryl/α,β-unsaturated/α-hetero) is 1. The zero-order valence-corrected chi connectivity index (χ0v) is 11.6. The number of hydrogen-bond donors (Lipinski definition) is 0. The fourth-order valence-corrected chi connectivity index (χ4v) is 1.99. The van der Waals surface area contributed by atoms with Gasteiger partial charge in [0, 0.05) is 10.6 Å². The van der Waals surface area contributed by atoms with Crippen LogP contribution in [0, 0.1) is 0 Å². The molecule has 1 aromatic carbocycles. The van der Waals surface area contributed by atoms with Crippen molar-refractivity contribution in [3.05, 3.63) is 57.1 Å². The topological polar surface area (TPSA) is 46.5 Å². The number of aliphatic imine (C=N–C) groups is 1. The van der Waals surface area contributed by atoms with Gasteiger partial charge in [-0.25, -0.2) is 4.99 Å². The van der Waals surface area contributed by atoms with Gasteiger partial charge in [0.25, 0.3) is 5.91 Å². The molecule has 0 atom stereocenters. The van der Waals surface area contributed by atoms with Crippen molar-refractivity contribution < 1.29 is 9.59 Å². The average Bonchev–Trinajstić information content (AvgIpc) is 2.36. The van der Waals surface area contributed by atoms with Crippen LogP contribution in [0.15, 0.2) is 51.5 Å². The molecule has 0 saturated carbocycles. The van der Waals surface area contributed by atoms with Gasteiger partial charge >= 0.3 is 0 Å². The molecule has 1 amide bonds. The highest BCUT2D eigenvalue weighted by molar-refractivity contribution is 6.57. The molecule has 0 radical (unpaired) electrons. The van der Waals surface area contributed by atoms with Crippen LogP contribution in [0.5, 0.6) is 0 Å². The highest BCUT2D eigenvalue weighted by Crippen LogP contribution is 2.20. The zero-order chi connectivity index (χ0) is 14.0. The maximum atomic E-state index is 11.9. The van der Waals surface area contributed by atoms with Crippen molar-refractivity contribution >= 4 is 52.2 Å². The lowest BCUT2D eigenvalue weighted by Gasteiger charge is -2.05. The lowest BCUT2D eigenvalue weighted by atomic mass is 10.1. The van der Waals surface area contributed by atoms with Crippen molar-refractivity contribution in [1.29, 1.82) is 0 Å². The fourth-order valence-electron chi connectivity index (χ4n) is 1.39. The molecule has 0 aromatic heterocycles. The van der Waals surface area contributed by atoms with E-state index in [1.54, 1.807) is 24.3 Å². The molecule has 96 valence electrons. The Morgan fingerprint density at radius 2 is 1.47 bits per heavy atom. The summed E-state index contributed by atoms with van der Waals surface area (Å²) in [6.45, 7) is 0. The van der Waals surface area contributed by atoms with Crippen LogP contribution in [-0.4, -0.2) is 17.4 Å². The molecule has 0 fully saturated rings. The molecule has 0 N–H and O–H groups in total. The largest absolute Gasteiger partial charge is 0.287 e. The van der Waals surface area contributed by atoms with Gasteiger partial charge in [0.1, 0.15) is 0 Å². The smallest absolute Gasteiger partial charge is 0.277 e. The third-order valence-electron chi connectivity index (χ3n) is 2.30. The van der Waals surface area contributed by atoms with E-state index in [0.29, 0.717) is 10.6 Å². The first-order chi connectivity index (χ1) is 8.97. The Bertz CT molecular complexity index is 618. The minimum Gasteiger partial charge on any atom is -0.287 e. The minimum absolute atomic E-state index is 0.0739. The summed E-state index contributed by atoms with van der Waals surface area (Å²) in [5.41, 5.74) is 0.609. The first kappa shape index (κ1) is 14.0. The normalized spacial score (nSPS) is 14.9. The van der Waals surface area contributed by atoms with E-state index in [0.717, 1.165) is 0 Å². The van der Waals surface area contributed by atoms with Gasteiger partial charge in [0.05, 0.1) is 15.8 Å². The third kappa shape index (κ3) is 3.32. The number of hydrogen-bond acceptors (Lipinski definition) is 2. The summed E-state index contributed by atoms with van der Waals surface area (Å²) >= 11 is 17.1. The molecule has 1 aliphatic rings. The second-order valence-corrected chi connectivity index (χ2v) is 4.91. The van der Waals surface area contributed by atoms with E-state index >= 15 is 0 Å². The summed E-state index contributed by atoms with van der Waals surface area (Å²) in [6.07, 6.45) is 2.59. The predicted molar refractivity (Wildman–Crippen MR) is 76.1 cm³/mol. The molecular formula is C13H6Cl3NO2. The second-order valence-electron chi connectivity index (χ2n) is 3.66. The van der Waals surface area contributed by atoms with Crippen LogP contribution < -0.4 is 0 Å². The van der Waals surface area contributed by atoms with Gasteiger partial charge in [-0.05, 0) is 36.4 Å². The van der Waals surface area contributed by atoms with Crippen LogP contribution in [0.1, 0.15) is 10.4 Å². The molecule has 0 unspecified atom stereocenters. The van der Waals surface area contributed by atoms with Crippen LogP contribution >= 0.6 is 34.8 Å². The van der Waals surface area contributed by atoms with Crippen LogP contribution in [0.3, 0.4) is 0 Å². The predicted octanol–water partition coefficient (Wildman–Crippen LogP) is 3.75. The van der Waals surface area contributed by atoms with Crippen molar-refractivity contribution in [1.82, 2.24) is 0 Å². The Morgan fingerprint density at radius 1 is 0.947 bits per heavy atom. The van der Waals surface area contributed by atoms with E-state index in [1.165, 1.54) is 12.2 Å². The lowest BCUT2D eigenvalue weighted by molar-refractivity contribution is -0.111. The molecular weight excluding hydrogens is 309 g/mol. The van der Waals surface area contributed by atoms with Crippen LogP contribution in [0.25, 0.3) is 0 Å². The zero-order valence-electron chi connectivity index (χ0n) is 9.36. The summed E-state index contributed by atoms with van der Waals surface area (Å²) in [5.74, 6) is -0.955. The number of carbonyl (C=O) groups is 2. The van der Waals surface area contributed by atoms with E-state index in [9.17, 15) is 9.59 Å². The summed E-state index contributed by atoms with van der Waals surface area (Å²) in [6, 6.07) is 6.29.